The number of imidazole rings is 1. The lowest BCUT2D eigenvalue weighted by Gasteiger charge is -1.97. The number of benzene rings is 1. The highest BCUT2D eigenvalue weighted by Crippen LogP contribution is 2.25. The lowest BCUT2D eigenvalue weighted by molar-refractivity contribution is 0.619. The van der Waals surface area contributed by atoms with Gasteiger partial charge in [-0.2, -0.15) is 0 Å². The first-order chi connectivity index (χ1) is 9.63. The van der Waals surface area contributed by atoms with Crippen molar-refractivity contribution in [3.05, 3.63) is 58.6 Å². The van der Waals surface area contributed by atoms with E-state index in [4.69, 9.17) is 0 Å². The third-order valence-corrected chi connectivity index (χ3v) is 3.29. The summed E-state index contributed by atoms with van der Waals surface area (Å²) in [5.74, 6) is 0.188. The summed E-state index contributed by atoms with van der Waals surface area (Å²) in [5.41, 5.74) is 2.06. The van der Waals surface area contributed by atoms with Gasteiger partial charge in [-0.15, -0.1) is 10.2 Å². The van der Waals surface area contributed by atoms with Gasteiger partial charge in [0.2, 0.25) is 0 Å². The average Bonchev–Trinajstić information content (AvgIpc) is 2.72. The normalized spacial score (nSPS) is 11.6. The van der Waals surface area contributed by atoms with Crippen LogP contribution in [-0.2, 0) is 0 Å². The van der Waals surface area contributed by atoms with Crippen molar-refractivity contribution in [2.24, 2.45) is 10.2 Å². The van der Waals surface area contributed by atoms with Crippen LogP contribution < -0.4 is 0 Å². The molecule has 0 saturated carbocycles. The number of halogens is 2. The van der Waals surface area contributed by atoms with Crippen LogP contribution in [0.3, 0.4) is 0 Å². The van der Waals surface area contributed by atoms with Crippen LogP contribution in [0.2, 0.25) is 0 Å². The van der Waals surface area contributed by atoms with Crippen molar-refractivity contribution in [1.82, 2.24) is 9.38 Å². The van der Waals surface area contributed by atoms with Gasteiger partial charge in [-0.25, -0.2) is 9.37 Å². The molecule has 0 aliphatic rings. The van der Waals surface area contributed by atoms with Crippen molar-refractivity contribution in [1.29, 1.82) is 0 Å². The molecule has 0 aliphatic carbocycles. The molecule has 4 nitrogen and oxygen atoms in total. The smallest absolute Gasteiger partial charge is 0.182 e. The third kappa shape index (κ3) is 2.46. The van der Waals surface area contributed by atoms with E-state index in [2.05, 4.69) is 31.1 Å². The zero-order chi connectivity index (χ0) is 14.1. The summed E-state index contributed by atoms with van der Waals surface area (Å²) in [4.78, 5) is 4.32. The number of nitrogens with zero attached hydrogens (tertiary/aromatic N) is 4. The van der Waals surface area contributed by atoms with Crippen molar-refractivity contribution < 1.29 is 4.39 Å². The van der Waals surface area contributed by atoms with E-state index in [9.17, 15) is 4.39 Å². The standard InChI is InChI=1S/C14H10BrFN4/c1-9-14(19-18-12-4-2-3-10(15)7-12)20-8-11(16)5-6-13(20)17-9/h2-8H,1H3. The summed E-state index contributed by atoms with van der Waals surface area (Å²) in [6.45, 7) is 1.82. The van der Waals surface area contributed by atoms with E-state index in [0.717, 1.165) is 4.47 Å². The predicted molar refractivity (Wildman–Crippen MR) is 78.2 cm³/mol. The van der Waals surface area contributed by atoms with Gasteiger partial charge in [0.15, 0.2) is 5.82 Å². The molecule has 0 radical (unpaired) electrons. The molecule has 6 heteroatoms. The molecule has 100 valence electrons. The van der Waals surface area contributed by atoms with Crippen LogP contribution in [0.5, 0.6) is 0 Å². The Labute approximate surface area is 123 Å². The molecule has 2 aromatic heterocycles. The summed E-state index contributed by atoms with van der Waals surface area (Å²) >= 11 is 3.38. The van der Waals surface area contributed by atoms with Gasteiger partial charge in [0.25, 0.3) is 0 Å². The maximum absolute atomic E-state index is 13.3. The summed E-state index contributed by atoms with van der Waals surface area (Å²) in [6.07, 6.45) is 1.35. The zero-order valence-corrected chi connectivity index (χ0v) is 12.2. The number of hydrogen-bond acceptors (Lipinski definition) is 3. The molecule has 0 spiro atoms. The molecule has 0 unspecified atom stereocenters. The maximum Gasteiger partial charge on any atom is 0.182 e. The van der Waals surface area contributed by atoms with Crippen LogP contribution in [0, 0.1) is 12.7 Å². The molecule has 3 rings (SSSR count). The lowest BCUT2D eigenvalue weighted by Crippen LogP contribution is -1.85. The third-order valence-electron chi connectivity index (χ3n) is 2.79. The second-order valence-corrected chi connectivity index (χ2v) is 5.19. The summed E-state index contributed by atoms with van der Waals surface area (Å²) in [7, 11) is 0. The highest BCUT2D eigenvalue weighted by molar-refractivity contribution is 9.10. The lowest BCUT2D eigenvalue weighted by atomic mass is 10.3. The Morgan fingerprint density at radius 1 is 1.20 bits per heavy atom. The minimum Gasteiger partial charge on any atom is -0.280 e. The molecular formula is C14H10BrFN4. The van der Waals surface area contributed by atoms with Gasteiger partial charge in [-0.3, -0.25) is 4.40 Å². The number of aromatic nitrogens is 2. The van der Waals surface area contributed by atoms with Crippen LogP contribution >= 0.6 is 15.9 Å². The highest BCUT2D eigenvalue weighted by Gasteiger charge is 2.08. The minimum absolute atomic E-state index is 0.339. The van der Waals surface area contributed by atoms with Gasteiger partial charge in [-0.05, 0) is 37.3 Å². The Kier molecular flexibility index (Phi) is 3.31. The number of rotatable bonds is 2. The molecule has 1 aromatic carbocycles. The first-order valence-electron chi connectivity index (χ1n) is 5.95. The molecule has 0 fully saturated rings. The van der Waals surface area contributed by atoms with Gasteiger partial charge < -0.3 is 0 Å². The van der Waals surface area contributed by atoms with Crippen molar-refractivity contribution in [2.45, 2.75) is 6.92 Å². The molecular weight excluding hydrogens is 323 g/mol. The van der Waals surface area contributed by atoms with E-state index in [1.807, 2.05) is 31.2 Å². The van der Waals surface area contributed by atoms with Crippen molar-refractivity contribution >= 4 is 33.1 Å². The molecule has 0 atom stereocenters. The van der Waals surface area contributed by atoms with Crippen molar-refractivity contribution in [2.75, 3.05) is 0 Å². The van der Waals surface area contributed by atoms with Gasteiger partial charge in [0, 0.05) is 10.7 Å². The molecule has 0 saturated heterocycles. The molecule has 0 N–H and O–H groups in total. The van der Waals surface area contributed by atoms with Gasteiger partial charge in [0.05, 0.1) is 11.4 Å². The fourth-order valence-electron chi connectivity index (χ4n) is 1.89. The number of fused-ring (bicyclic) bond motifs is 1. The van der Waals surface area contributed by atoms with E-state index in [1.165, 1.54) is 12.3 Å². The number of hydrogen-bond donors (Lipinski definition) is 0. The Morgan fingerprint density at radius 3 is 2.85 bits per heavy atom. The second kappa shape index (κ2) is 5.13. The average molecular weight is 333 g/mol. The second-order valence-electron chi connectivity index (χ2n) is 4.28. The topological polar surface area (TPSA) is 42.0 Å². The summed E-state index contributed by atoms with van der Waals surface area (Å²) in [5, 5.41) is 8.35. The fourth-order valence-corrected chi connectivity index (χ4v) is 2.27. The molecule has 2 heterocycles. The molecule has 0 amide bonds. The quantitative estimate of drug-likeness (QED) is 0.611. The first-order valence-corrected chi connectivity index (χ1v) is 6.74. The zero-order valence-electron chi connectivity index (χ0n) is 10.6. The number of aryl methyl sites for hydroxylation is 1. The van der Waals surface area contributed by atoms with E-state index >= 15 is 0 Å². The summed E-state index contributed by atoms with van der Waals surface area (Å²) in [6, 6.07) is 10.5. The van der Waals surface area contributed by atoms with Gasteiger partial charge >= 0.3 is 0 Å². The van der Waals surface area contributed by atoms with E-state index in [-0.39, 0.29) is 5.82 Å². The molecule has 3 aromatic rings. The first kappa shape index (κ1) is 12.9. The Balaban J connectivity index is 2.06. The Bertz CT molecular complexity index is 810. The summed E-state index contributed by atoms with van der Waals surface area (Å²) < 4.78 is 15.8. The largest absolute Gasteiger partial charge is 0.280 e. The Hall–Kier alpha value is -2.08. The Morgan fingerprint density at radius 2 is 2.05 bits per heavy atom. The number of azo groups is 1. The van der Waals surface area contributed by atoms with Gasteiger partial charge in [-0.1, -0.05) is 22.0 Å². The molecule has 0 aliphatic heterocycles. The van der Waals surface area contributed by atoms with Crippen LogP contribution in [-0.4, -0.2) is 9.38 Å². The molecule has 0 bridgehead atoms. The predicted octanol–water partition coefficient (Wildman–Crippen LogP) is 4.96. The number of pyridine rings is 1. The van der Waals surface area contributed by atoms with Crippen LogP contribution in [0.1, 0.15) is 5.69 Å². The maximum atomic E-state index is 13.3. The highest BCUT2D eigenvalue weighted by atomic mass is 79.9. The van der Waals surface area contributed by atoms with Crippen LogP contribution in [0.4, 0.5) is 15.9 Å². The van der Waals surface area contributed by atoms with E-state index in [1.54, 1.807) is 10.5 Å². The van der Waals surface area contributed by atoms with Crippen molar-refractivity contribution in [3.63, 3.8) is 0 Å². The van der Waals surface area contributed by atoms with E-state index in [0.29, 0.717) is 22.8 Å². The fraction of sp³-hybridized carbons (Fsp3) is 0.0714. The van der Waals surface area contributed by atoms with Crippen LogP contribution in [0.25, 0.3) is 5.65 Å². The SMILES string of the molecule is Cc1nc2ccc(F)cn2c1N=Nc1cccc(Br)c1. The van der Waals surface area contributed by atoms with Crippen molar-refractivity contribution in [3.8, 4) is 0 Å². The van der Waals surface area contributed by atoms with E-state index < -0.39 is 0 Å². The molecule has 20 heavy (non-hydrogen) atoms. The monoisotopic (exact) mass is 332 g/mol. The minimum atomic E-state index is -0.339. The van der Waals surface area contributed by atoms with Crippen LogP contribution in [0.15, 0.2) is 57.3 Å². The van der Waals surface area contributed by atoms with Gasteiger partial charge in [0.1, 0.15) is 11.5 Å².